The summed E-state index contributed by atoms with van der Waals surface area (Å²) in [5.41, 5.74) is 1.02. The van der Waals surface area contributed by atoms with Crippen molar-refractivity contribution >= 4 is 69.0 Å². The maximum Gasteiger partial charge on any atom is 0.481 e. The van der Waals surface area contributed by atoms with Crippen LogP contribution in [0.4, 0.5) is 11.5 Å². The average Bonchev–Trinajstić information content (AvgIpc) is 3.96. The number of imidazole rings is 1. The fourth-order valence-corrected chi connectivity index (χ4v) is 11.0. The lowest BCUT2D eigenvalue weighted by atomic mass is 9.89. The van der Waals surface area contributed by atoms with Gasteiger partial charge in [0, 0.05) is 60.1 Å². The van der Waals surface area contributed by atoms with Gasteiger partial charge in [0.2, 0.25) is 0 Å². The molecular weight excluding hydrogens is 1040 g/mol. The number of nitrogens with one attached hydrogen (secondary N) is 2. The second-order valence-corrected chi connectivity index (χ2v) is 20.6. The van der Waals surface area contributed by atoms with E-state index < -0.39 is 64.9 Å². The van der Waals surface area contributed by atoms with Gasteiger partial charge in [-0.2, -0.15) is 0 Å². The molecule has 3 aromatic carbocycles. The van der Waals surface area contributed by atoms with E-state index in [0.717, 1.165) is 7.11 Å². The molecule has 0 saturated heterocycles. The number of hydrogen-bond acceptors (Lipinski definition) is 22. The number of aromatic nitrogens is 4. The van der Waals surface area contributed by atoms with Crippen molar-refractivity contribution in [3.8, 4) is 40.0 Å². The molecule has 1 amide bonds. The van der Waals surface area contributed by atoms with E-state index in [2.05, 4.69) is 55.1 Å². The van der Waals surface area contributed by atoms with Gasteiger partial charge in [-0.15, -0.1) is 0 Å². The van der Waals surface area contributed by atoms with Crippen LogP contribution in [-0.4, -0.2) is 83.9 Å². The van der Waals surface area contributed by atoms with Crippen LogP contribution in [-0.2, 0) is 40.6 Å². The number of nitro groups is 1. The third-order valence-corrected chi connectivity index (χ3v) is 15.5. The lowest BCUT2D eigenvalue weighted by Crippen LogP contribution is -2.23. The molecule has 2 aromatic heterocycles. The number of rotatable bonds is 18. The number of benzene rings is 4. The van der Waals surface area contributed by atoms with Crippen molar-refractivity contribution in [2.75, 3.05) is 32.7 Å². The molecule has 384 valence electrons. The summed E-state index contributed by atoms with van der Waals surface area (Å²) < 4.78 is 71.1. The quantitative estimate of drug-likeness (QED) is 0.0171. The fourth-order valence-electron chi connectivity index (χ4n) is 7.57. The summed E-state index contributed by atoms with van der Waals surface area (Å²) in [6.45, 7) is 0.513. The predicted molar refractivity (Wildman–Crippen MR) is 254 cm³/mol. The zero-order valence-electron chi connectivity index (χ0n) is 38.3. The normalized spacial score (nSPS) is 16.4. The van der Waals surface area contributed by atoms with Crippen LogP contribution in [0.1, 0.15) is 57.5 Å². The number of aliphatic hydroxyl groups excluding tert-OH is 1. The summed E-state index contributed by atoms with van der Waals surface area (Å²) >= 11 is 0. The fraction of sp³-hybridized carbons (Fsp3) is 0.182. The number of carbonyl (C=O) groups is 2. The van der Waals surface area contributed by atoms with Gasteiger partial charge in [-0.25, -0.2) is 37.5 Å². The molecule has 2 aliphatic heterocycles. The smallest absolute Gasteiger partial charge is 0.481 e. The molecule has 0 saturated carbocycles. The lowest BCUT2D eigenvalue weighted by molar-refractivity contribution is -0.385. The molecule has 0 spiro atoms. The number of amides is 1. The van der Waals surface area contributed by atoms with Crippen LogP contribution in [0.15, 0.2) is 106 Å². The first-order chi connectivity index (χ1) is 35.1. The third kappa shape index (κ3) is 11.3. The van der Waals surface area contributed by atoms with Crippen LogP contribution in [0.5, 0.6) is 5.75 Å². The number of nitro benzene ring substituents is 1. The molecule has 8 rings (SSSR count). The highest BCUT2D eigenvalue weighted by Gasteiger charge is 2.39. The van der Waals surface area contributed by atoms with Gasteiger partial charge < -0.3 is 44.9 Å². The number of phosphoric acid groups is 3. The molecule has 30 heteroatoms. The SMILES string of the molecule is COP(=O)(O)OP(=O)([O-])OP(=O)(OC)OCC1=C(O)C[C@H](n2cnc3c(NC(C)c4ccc(C#CCNC(=O)c5ccc(C(=O)O)c(-c6c7ccc(=O)cc-7oc7cc(O)ccc67)c5)cc4[N+](=O)[O-])ncnc32)O1. The molecule has 4 unspecified atom stereocenters. The molecular formula is C44H37N7O20P3-. The number of aromatic carboxylic acids is 1. The van der Waals surface area contributed by atoms with Crippen LogP contribution in [0.25, 0.3) is 44.6 Å². The predicted octanol–water partition coefficient (Wildman–Crippen LogP) is 6.68. The number of aromatic hydroxyl groups is 1. The third-order valence-electron chi connectivity index (χ3n) is 10.9. The van der Waals surface area contributed by atoms with Crippen molar-refractivity contribution in [1.29, 1.82) is 0 Å². The Morgan fingerprint density at radius 1 is 0.986 bits per heavy atom. The van der Waals surface area contributed by atoms with Crippen molar-refractivity contribution in [1.82, 2.24) is 24.8 Å². The van der Waals surface area contributed by atoms with E-state index in [1.54, 1.807) is 6.92 Å². The van der Waals surface area contributed by atoms with Gasteiger partial charge >= 0.3 is 21.6 Å². The number of anilines is 1. The Labute approximate surface area is 415 Å². The van der Waals surface area contributed by atoms with Crippen molar-refractivity contribution in [3.63, 3.8) is 0 Å². The molecule has 3 aliphatic rings. The Morgan fingerprint density at radius 3 is 2.50 bits per heavy atom. The molecule has 0 radical (unpaired) electrons. The summed E-state index contributed by atoms with van der Waals surface area (Å²) in [5, 5.41) is 49.5. The number of phosphoric ester groups is 2. The monoisotopic (exact) mass is 1080 g/mol. The number of ether oxygens (including phenoxy) is 1. The maximum absolute atomic E-state index is 13.5. The van der Waals surface area contributed by atoms with Crippen molar-refractivity contribution in [2.45, 2.75) is 25.6 Å². The standard InChI is InChI=1S/C44H38N7O20P3/c1-23(49-41-40-42(47-21-46-41)50(22-48-40)38-19-34(54)37(69-38)20-67-74(64,66-3)71-73(62,63)70-72(60,61)65-2)28-10-6-24(15-33(28)51(58)59)5-4-14-45-43(55)25-7-11-29(44(56)57)32(16-25)39-30-12-8-26(52)17-35(30)68-36-18-27(53)9-13-31(36)39/h6-13,15-18,21-23,38,52,54H,14,19-20H2,1-3H3,(H,45,55)(H,56,57)(H,60,61)(H,62,63)(H,46,47,49)/p-1/t23?,38-,74?/m1/s1. The van der Waals surface area contributed by atoms with Crippen molar-refractivity contribution in [2.24, 2.45) is 0 Å². The van der Waals surface area contributed by atoms with Gasteiger partial charge in [-0.05, 0) is 67.1 Å². The minimum Gasteiger partial charge on any atom is -0.756 e. The number of phenolic OH excluding ortho intramolecular Hbond substituents is 1. The molecule has 74 heavy (non-hydrogen) atoms. The summed E-state index contributed by atoms with van der Waals surface area (Å²) in [6.07, 6.45) is 1.19. The number of carbonyl (C=O) groups excluding carboxylic acids is 1. The maximum atomic E-state index is 13.5. The number of phenols is 1. The molecule has 5 atom stereocenters. The number of fused-ring (bicyclic) bond motifs is 3. The number of hydrogen-bond donors (Lipinski definition) is 6. The van der Waals surface area contributed by atoms with Crippen molar-refractivity contribution < 1.29 is 84.7 Å². The second-order valence-electron chi connectivity index (χ2n) is 15.6. The summed E-state index contributed by atoms with van der Waals surface area (Å²) in [6, 6.07) is 15.7. The summed E-state index contributed by atoms with van der Waals surface area (Å²) in [7, 11) is -14.7. The van der Waals surface area contributed by atoms with Gasteiger partial charge in [0.1, 0.15) is 42.1 Å². The average molecular weight is 1080 g/mol. The van der Waals surface area contributed by atoms with E-state index in [-0.39, 0.29) is 91.7 Å². The Morgan fingerprint density at radius 2 is 1.77 bits per heavy atom. The van der Waals surface area contributed by atoms with Crippen molar-refractivity contribution in [3.05, 3.63) is 140 Å². The van der Waals surface area contributed by atoms with Gasteiger partial charge in [-0.1, -0.05) is 11.8 Å². The first-order valence-corrected chi connectivity index (χ1v) is 25.6. The van der Waals surface area contributed by atoms with Crippen LogP contribution in [0, 0.1) is 22.0 Å². The molecule has 1 aliphatic carbocycles. The number of carboxylic acids is 1. The largest absolute Gasteiger partial charge is 0.756 e. The van der Waals surface area contributed by atoms with Gasteiger partial charge in [0.25, 0.3) is 19.4 Å². The van der Waals surface area contributed by atoms with Gasteiger partial charge in [-0.3, -0.25) is 42.4 Å². The molecule has 4 heterocycles. The zero-order chi connectivity index (χ0) is 53.3. The number of nitrogens with zero attached hydrogens (tertiary/aromatic N) is 5. The Kier molecular flexibility index (Phi) is 14.8. The van der Waals surface area contributed by atoms with E-state index in [9.17, 15) is 63.3 Å². The Bertz CT molecular complexity index is 3700. The highest BCUT2D eigenvalue weighted by atomic mass is 31.3. The molecule has 0 fully saturated rings. The lowest BCUT2D eigenvalue weighted by Gasteiger charge is -2.26. The van der Waals surface area contributed by atoms with Crippen LogP contribution >= 0.6 is 23.5 Å². The first-order valence-electron chi connectivity index (χ1n) is 21.1. The van der Waals surface area contributed by atoms with Crippen LogP contribution in [0.3, 0.4) is 0 Å². The highest BCUT2D eigenvalue weighted by molar-refractivity contribution is 7.66. The molecule has 27 nitrogen and oxygen atoms in total. The van der Waals surface area contributed by atoms with Gasteiger partial charge in [0.05, 0.1) is 35.1 Å². The van der Waals surface area contributed by atoms with E-state index in [1.807, 2.05) is 0 Å². The number of aliphatic hydroxyl groups is 1. The summed E-state index contributed by atoms with van der Waals surface area (Å²) in [5.74, 6) is 2.99. The minimum atomic E-state index is -5.83. The highest BCUT2D eigenvalue weighted by Crippen LogP contribution is 2.67. The van der Waals surface area contributed by atoms with Crippen LogP contribution < -0.4 is 21.0 Å². The molecule has 0 bridgehead atoms. The van der Waals surface area contributed by atoms with E-state index in [0.29, 0.717) is 23.6 Å². The van der Waals surface area contributed by atoms with E-state index in [4.69, 9.17) is 13.7 Å². The number of carboxylic acid groups (broad SMARTS) is 1. The topological polar surface area (TPSA) is 386 Å². The minimum absolute atomic E-state index is 0.0595. The second kappa shape index (κ2) is 20.9. The van der Waals surface area contributed by atoms with E-state index >= 15 is 0 Å². The Hall–Kier alpha value is -7.85. The first kappa shape index (κ1) is 52.5. The summed E-state index contributed by atoms with van der Waals surface area (Å²) in [4.78, 5) is 84.2. The zero-order valence-corrected chi connectivity index (χ0v) is 40.9. The Balaban J connectivity index is 0.936. The molecule has 6 N–H and O–H groups in total. The van der Waals surface area contributed by atoms with E-state index in [1.165, 1.54) is 90.0 Å². The van der Waals surface area contributed by atoms with Gasteiger partial charge in [0.15, 0.2) is 34.4 Å². The molecule has 5 aromatic rings. The van der Waals surface area contributed by atoms with Crippen LogP contribution in [0.2, 0.25) is 0 Å².